The van der Waals surface area contributed by atoms with E-state index in [0.29, 0.717) is 13.0 Å². The number of hydrogen-bond donors (Lipinski definition) is 1. The Hall–Kier alpha value is -1.92. The molecule has 1 aliphatic rings. The second-order valence-corrected chi connectivity index (χ2v) is 6.31. The van der Waals surface area contributed by atoms with Crippen molar-refractivity contribution in [2.24, 2.45) is 11.8 Å². The van der Waals surface area contributed by atoms with E-state index >= 15 is 0 Å². The molecule has 0 aliphatic carbocycles. The van der Waals surface area contributed by atoms with E-state index in [4.69, 9.17) is 4.74 Å². The van der Waals surface area contributed by atoms with Gasteiger partial charge in [0, 0.05) is 12.5 Å². The van der Waals surface area contributed by atoms with Crippen LogP contribution in [0.3, 0.4) is 0 Å². The lowest BCUT2D eigenvalue weighted by molar-refractivity contribution is -0.137. The summed E-state index contributed by atoms with van der Waals surface area (Å²) < 4.78 is 56.7. The van der Waals surface area contributed by atoms with Crippen molar-refractivity contribution in [2.45, 2.75) is 18.7 Å². The van der Waals surface area contributed by atoms with Crippen LogP contribution in [0.25, 0.3) is 0 Å². The largest absolute Gasteiger partial charge is 0.416 e. The topological polar surface area (TPSA) is 29.5 Å². The van der Waals surface area contributed by atoms with Crippen molar-refractivity contribution in [3.05, 3.63) is 71.0 Å². The molecule has 0 saturated carbocycles. The number of benzene rings is 2. The van der Waals surface area contributed by atoms with Gasteiger partial charge in [-0.3, -0.25) is 0 Å². The number of aliphatic hydroxyl groups excluding tert-OH is 1. The van der Waals surface area contributed by atoms with Gasteiger partial charge >= 0.3 is 6.18 Å². The molecule has 2 aromatic rings. The van der Waals surface area contributed by atoms with Crippen LogP contribution in [-0.2, 0) is 17.3 Å². The van der Waals surface area contributed by atoms with E-state index in [0.717, 1.165) is 23.3 Å². The SMILES string of the molecule is OC[C@@H]1C(c2ccc(F)cc2)OC[C@@H]1Cc1ccc(C(F)(F)F)cc1. The van der Waals surface area contributed by atoms with Crippen molar-refractivity contribution in [1.82, 2.24) is 0 Å². The Kier molecular flexibility index (Phi) is 5.11. The molecule has 25 heavy (non-hydrogen) atoms. The first-order chi connectivity index (χ1) is 11.9. The van der Waals surface area contributed by atoms with Gasteiger partial charge in [0.2, 0.25) is 0 Å². The van der Waals surface area contributed by atoms with Crippen LogP contribution in [-0.4, -0.2) is 18.3 Å². The average Bonchev–Trinajstić information content (AvgIpc) is 2.98. The van der Waals surface area contributed by atoms with Crippen molar-refractivity contribution < 1.29 is 27.4 Å². The molecule has 1 aliphatic heterocycles. The van der Waals surface area contributed by atoms with Gasteiger partial charge in [-0.25, -0.2) is 4.39 Å². The summed E-state index contributed by atoms with van der Waals surface area (Å²) in [5.41, 5.74) is 0.872. The number of halogens is 4. The third kappa shape index (κ3) is 4.02. The zero-order valence-electron chi connectivity index (χ0n) is 13.3. The standard InChI is InChI=1S/C19H18F4O2/c20-16-7-3-13(4-8-16)18-17(10-24)14(11-25-18)9-12-1-5-15(6-2-12)19(21,22)23/h1-8,14,17-18,24H,9-11H2/t14-,17-,18?/m0/s1. The maximum atomic E-state index is 13.1. The molecule has 1 heterocycles. The fourth-order valence-corrected chi connectivity index (χ4v) is 3.31. The summed E-state index contributed by atoms with van der Waals surface area (Å²) in [5, 5.41) is 9.75. The number of rotatable bonds is 4. The molecule has 1 N–H and O–H groups in total. The maximum Gasteiger partial charge on any atom is 0.416 e. The van der Waals surface area contributed by atoms with Crippen LogP contribution in [0.15, 0.2) is 48.5 Å². The van der Waals surface area contributed by atoms with Crippen LogP contribution in [0.1, 0.15) is 22.8 Å². The highest BCUT2D eigenvalue weighted by Crippen LogP contribution is 2.40. The van der Waals surface area contributed by atoms with Gasteiger partial charge in [-0.05, 0) is 47.7 Å². The molecule has 0 amide bonds. The molecule has 1 fully saturated rings. The summed E-state index contributed by atoms with van der Waals surface area (Å²) in [6, 6.07) is 11.0. The van der Waals surface area contributed by atoms with E-state index < -0.39 is 11.7 Å². The van der Waals surface area contributed by atoms with E-state index in [9.17, 15) is 22.7 Å². The van der Waals surface area contributed by atoms with Crippen molar-refractivity contribution in [2.75, 3.05) is 13.2 Å². The number of aliphatic hydroxyl groups is 1. The highest BCUT2D eigenvalue weighted by Gasteiger charge is 2.37. The molecular weight excluding hydrogens is 336 g/mol. The second kappa shape index (κ2) is 7.14. The smallest absolute Gasteiger partial charge is 0.396 e. The molecule has 0 bridgehead atoms. The number of alkyl halides is 3. The van der Waals surface area contributed by atoms with Gasteiger partial charge in [0.15, 0.2) is 0 Å². The summed E-state index contributed by atoms with van der Waals surface area (Å²) in [4.78, 5) is 0. The van der Waals surface area contributed by atoms with E-state index in [-0.39, 0.29) is 30.4 Å². The maximum absolute atomic E-state index is 13.1. The number of ether oxygens (including phenoxy) is 1. The van der Waals surface area contributed by atoms with Crippen LogP contribution in [0.2, 0.25) is 0 Å². The third-order valence-corrected chi connectivity index (χ3v) is 4.67. The van der Waals surface area contributed by atoms with Gasteiger partial charge in [-0.2, -0.15) is 13.2 Å². The summed E-state index contributed by atoms with van der Waals surface area (Å²) in [6.07, 6.45) is -4.18. The molecule has 0 aromatic heterocycles. The van der Waals surface area contributed by atoms with Gasteiger partial charge in [0.05, 0.1) is 18.3 Å². The molecule has 134 valence electrons. The molecule has 3 atom stereocenters. The van der Waals surface area contributed by atoms with Crippen LogP contribution in [0, 0.1) is 17.7 Å². The van der Waals surface area contributed by atoms with Gasteiger partial charge in [-0.1, -0.05) is 24.3 Å². The Bertz CT molecular complexity index is 695. The molecule has 2 aromatic carbocycles. The minimum atomic E-state index is -4.35. The molecule has 1 saturated heterocycles. The zero-order chi connectivity index (χ0) is 18.0. The predicted molar refractivity (Wildman–Crippen MR) is 84.3 cm³/mol. The van der Waals surface area contributed by atoms with Gasteiger partial charge < -0.3 is 9.84 Å². The average molecular weight is 354 g/mol. The molecule has 6 heteroatoms. The first kappa shape index (κ1) is 17.9. The van der Waals surface area contributed by atoms with E-state index in [1.807, 2.05) is 0 Å². The highest BCUT2D eigenvalue weighted by atomic mass is 19.4. The lowest BCUT2D eigenvalue weighted by atomic mass is 9.84. The second-order valence-electron chi connectivity index (χ2n) is 6.31. The van der Waals surface area contributed by atoms with E-state index in [1.165, 1.54) is 24.3 Å². The van der Waals surface area contributed by atoms with Crippen molar-refractivity contribution in [1.29, 1.82) is 0 Å². The fraction of sp³-hybridized carbons (Fsp3) is 0.368. The van der Waals surface area contributed by atoms with Gasteiger partial charge in [0.25, 0.3) is 0 Å². The van der Waals surface area contributed by atoms with Crippen molar-refractivity contribution >= 4 is 0 Å². The summed E-state index contributed by atoms with van der Waals surface area (Å²) in [7, 11) is 0. The minimum Gasteiger partial charge on any atom is -0.396 e. The van der Waals surface area contributed by atoms with Gasteiger partial charge in [0.1, 0.15) is 5.82 Å². The molecule has 1 unspecified atom stereocenters. The summed E-state index contributed by atoms with van der Waals surface area (Å²) >= 11 is 0. The summed E-state index contributed by atoms with van der Waals surface area (Å²) in [5.74, 6) is -0.548. The lowest BCUT2D eigenvalue weighted by Gasteiger charge is -2.21. The molecule has 0 spiro atoms. The molecule has 0 radical (unpaired) electrons. The lowest BCUT2D eigenvalue weighted by Crippen LogP contribution is -2.21. The Balaban J connectivity index is 1.71. The van der Waals surface area contributed by atoms with Crippen LogP contribution < -0.4 is 0 Å². The quantitative estimate of drug-likeness (QED) is 0.826. The Morgan fingerprint density at radius 1 is 1.00 bits per heavy atom. The summed E-state index contributed by atoms with van der Waals surface area (Å²) in [6.45, 7) is 0.293. The third-order valence-electron chi connectivity index (χ3n) is 4.67. The molecular formula is C19H18F4O2. The Morgan fingerprint density at radius 2 is 1.64 bits per heavy atom. The van der Waals surface area contributed by atoms with Crippen LogP contribution in [0.4, 0.5) is 17.6 Å². The van der Waals surface area contributed by atoms with Crippen molar-refractivity contribution in [3.8, 4) is 0 Å². The highest BCUT2D eigenvalue weighted by molar-refractivity contribution is 5.26. The number of hydrogen-bond acceptors (Lipinski definition) is 2. The van der Waals surface area contributed by atoms with Crippen molar-refractivity contribution in [3.63, 3.8) is 0 Å². The first-order valence-electron chi connectivity index (χ1n) is 8.02. The monoisotopic (exact) mass is 354 g/mol. The molecule has 3 rings (SSSR count). The Morgan fingerprint density at radius 3 is 2.20 bits per heavy atom. The predicted octanol–water partition coefficient (Wildman–Crippen LogP) is 4.38. The Labute approximate surface area is 143 Å². The van der Waals surface area contributed by atoms with Crippen LogP contribution in [0.5, 0.6) is 0 Å². The fourth-order valence-electron chi connectivity index (χ4n) is 3.31. The first-order valence-corrected chi connectivity index (χ1v) is 8.02. The van der Waals surface area contributed by atoms with Gasteiger partial charge in [-0.15, -0.1) is 0 Å². The normalized spacial score (nSPS) is 23.8. The van der Waals surface area contributed by atoms with E-state index in [2.05, 4.69) is 0 Å². The van der Waals surface area contributed by atoms with E-state index in [1.54, 1.807) is 12.1 Å². The zero-order valence-corrected chi connectivity index (χ0v) is 13.3. The minimum absolute atomic E-state index is 0.0169. The van der Waals surface area contributed by atoms with Crippen LogP contribution >= 0.6 is 0 Å². The molecule has 2 nitrogen and oxygen atoms in total.